The Morgan fingerprint density at radius 1 is 0.725 bits per heavy atom. The van der Waals surface area contributed by atoms with E-state index in [0.29, 0.717) is 29.0 Å². The van der Waals surface area contributed by atoms with Gasteiger partial charge in [0.25, 0.3) is 0 Å². The quantitative estimate of drug-likeness (QED) is 0.159. The summed E-state index contributed by atoms with van der Waals surface area (Å²) in [5.74, 6) is -0.591. The number of aromatic nitrogens is 2. The molecule has 40 heavy (non-hydrogen) atoms. The van der Waals surface area contributed by atoms with E-state index in [2.05, 4.69) is 42.7 Å². The molecule has 0 saturated carbocycles. The molecule has 4 aromatic carbocycles. The van der Waals surface area contributed by atoms with Crippen molar-refractivity contribution in [2.75, 3.05) is 6.61 Å². The van der Waals surface area contributed by atoms with Gasteiger partial charge in [-0.2, -0.15) is 0 Å². The molecule has 0 aliphatic rings. The molecule has 0 atom stereocenters. The number of benzene rings is 4. The minimum atomic E-state index is -0.441. The first-order valence-electron chi connectivity index (χ1n) is 13.5. The molecule has 0 unspecified atom stereocenters. The second-order valence-corrected chi connectivity index (χ2v) is 10.1. The molecule has 198 valence electrons. The van der Waals surface area contributed by atoms with Gasteiger partial charge in [-0.05, 0) is 66.8 Å². The largest absolute Gasteiger partial charge is 0.462 e. The monoisotopic (exact) mass is 526 g/mol. The molecule has 0 radical (unpaired) electrons. The first-order valence-corrected chi connectivity index (χ1v) is 13.5. The maximum atomic E-state index is 14.1. The summed E-state index contributed by atoms with van der Waals surface area (Å²) in [6, 6.07) is 33.8. The van der Waals surface area contributed by atoms with Gasteiger partial charge in [0.15, 0.2) is 0 Å². The molecule has 0 saturated heterocycles. The zero-order valence-corrected chi connectivity index (χ0v) is 22.8. The van der Waals surface area contributed by atoms with E-state index in [-0.39, 0.29) is 12.4 Å². The van der Waals surface area contributed by atoms with Crippen LogP contribution in [0.3, 0.4) is 0 Å². The number of hydrogen-bond acceptors (Lipinski definition) is 3. The highest BCUT2D eigenvalue weighted by molar-refractivity contribution is 6.12. The van der Waals surface area contributed by atoms with Crippen molar-refractivity contribution in [2.45, 2.75) is 27.3 Å². The van der Waals surface area contributed by atoms with Gasteiger partial charge in [-0.25, -0.2) is 4.79 Å². The average Bonchev–Trinajstić information content (AvgIpc) is 3.51. The summed E-state index contributed by atoms with van der Waals surface area (Å²) >= 11 is 0. The highest BCUT2D eigenvalue weighted by atomic mass is 16.5. The molecule has 0 amide bonds. The van der Waals surface area contributed by atoms with E-state index in [9.17, 15) is 9.59 Å². The van der Waals surface area contributed by atoms with Gasteiger partial charge < -0.3 is 9.30 Å². The SMILES string of the molecule is CCOC(=O)c1cc(C(=O)c2ccc(-c3ccccc3)cc2)n2c3cc(C)c(C)cc3n(Cc3ccccc3)c12. The molecule has 2 aromatic heterocycles. The van der Waals surface area contributed by atoms with Crippen molar-refractivity contribution in [1.82, 2.24) is 8.97 Å². The first-order chi connectivity index (χ1) is 19.5. The average molecular weight is 527 g/mol. The minimum absolute atomic E-state index is 0.151. The summed E-state index contributed by atoms with van der Waals surface area (Å²) in [5.41, 5.74) is 9.36. The lowest BCUT2D eigenvalue weighted by Gasteiger charge is -2.09. The maximum absolute atomic E-state index is 14.1. The number of imidazole rings is 1. The van der Waals surface area contributed by atoms with Crippen molar-refractivity contribution >= 4 is 28.4 Å². The maximum Gasteiger partial charge on any atom is 0.341 e. The van der Waals surface area contributed by atoms with Crippen LogP contribution in [0, 0.1) is 13.8 Å². The lowest BCUT2D eigenvalue weighted by atomic mass is 10.0. The fourth-order valence-electron chi connectivity index (χ4n) is 5.35. The number of rotatable bonds is 7. The topological polar surface area (TPSA) is 52.7 Å². The van der Waals surface area contributed by atoms with Crippen LogP contribution in [-0.2, 0) is 11.3 Å². The fraction of sp³-hybridized carbons (Fsp3) is 0.143. The standard InChI is InChI=1S/C35H30N2O3/c1-4-40-35(39)29-21-32(33(38)28-17-15-27(16-18-28)26-13-9-6-10-14-26)37-31-20-24(3)23(2)19-30(31)36(34(29)37)22-25-11-7-5-8-12-25/h5-21H,4,22H2,1-3H3. The van der Waals surface area contributed by atoms with E-state index in [1.807, 2.05) is 77.2 Å². The van der Waals surface area contributed by atoms with Crippen LogP contribution < -0.4 is 0 Å². The number of ketones is 1. The molecule has 5 heteroatoms. The molecule has 6 aromatic rings. The number of fused-ring (bicyclic) bond motifs is 3. The summed E-state index contributed by atoms with van der Waals surface area (Å²) in [6.07, 6.45) is 0. The van der Waals surface area contributed by atoms with Gasteiger partial charge in [0.05, 0.1) is 23.3 Å². The summed E-state index contributed by atoms with van der Waals surface area (Å²) in [5, 5.41) is 0. The van der Waals surface area contributed by atoms with Gasteiger partial charge in [0.1, 0.15) is 11.2 Å². The van der Waals surface area contributed by atoms with Crippen LogP contribution >= 0.6 is 0 Å². The predicted molar refractivity (Wildman–Crippen MR) is 159 cm³/mol. The van der Waals surface area contributed by atoms with Gasteiger partial charge in [0.2, 0.25) is 5.78 Å². The van der Waals surface area contributed by atoms with Crippen molar-refractivity contribution in [3.05, 3.63) is 137 Å². The molecular weight excluding hydrogens is 496 g/mol. The van der Waals surface area contributed by atoms with Crippen LogP contribution in [-0.4, -0.2) is 27.3 Å². The number of esters is 1. The van der Waals surface area contributed by atoms with Crippen molar-refractivity contribution in [2.24, 2.45) is 0 Å². The third-order valence-electron chi connectivity index (χ3n) is 7.52. The lowest BCUT2D eigenvalue weighted by molar-refractivity contribution is 0.0528. The Balaban J connectivity index is 1.57. The Labute approximate surface area is 233 Å². The van der Waals surface area contributed by atoms with Crippen molar-refractivity contribution in [1.29, 1.82) is 0 Å². The number of carbonyl (C=O) groups excluding carboxylic acids is 2. The predicted octanol–water partition coefficient (Wildman–Crippen LogP) is 7.63. The first kappa shape index (κ1) is 25.4. The van der Waals surface area contributed by atoms with Crippen LogP contribution in [0.5, 0.6) is 0 Å². The highest BCUT2D eigenvalue weighted by Gasteiger charge is 2.27. The van der Waals surface area contributed by atoms with Crippen molar-refractivity contribution in [3.63, 3.8) is 0 Å². The number of carbonyl (C=O) groups is 2. The Kier molecular flexibility index (Phi) is 6.56. The third-order valence-corrected chi connectivity index (χ3v) is 7.52. The van der Waals surface area contributed by atoms with E-state index >= 15 is 0 Å². The molecule has 0 fully saturated rings. The molecule has 5 nitrogen and oxygen atoms in total. The van der Waals surface area contributed by atoms with Crippen molar-refractivity contribution < 1.29 is 14.3 Å². The number of hydrogen-bond donors (Lipinski definition) is 0. The Hall–Kier alpha value is -4.90. The van der Waals surface area contributed by atoms with Crippen LogP contribution in [0.2, 0.25) is 0 Å². The van der Waals surface area contributed by atoms with Crippen LogP contribution in [0.15, 0.2) is 103 Å². The molecule has 0 aliphatic carbocycles. The normalized spacial score (nSPS) is 11.3. The lowest BCUT2D eigenvalue weighted by Crippen LogP contribution is -2.07. The van der Waals surface area contributed by atoms with Crippen molar-refractivity contribution in [3.8, 4) is 11.1 Å². The third kappa shape index (κ3) is 4.39. The number of nitrogens with zero attached hydrogens (tertiary/aromatic N) is 2. The van der Waals surface area contributed by atoms with E-state index in [0.717, 1.165) is 38.9 Å². The Bertz CT molecular complexity index is 1860. The number of ether oxygens (including phenoxy) is 1. The molecule has 0 spiro atoms. The Morgan fingerprint density at radius 2 is 1.32 bits per heavy atom. The second-order valence-electron chi connectivity index (χ2n) is 10.1. The Morgan fingerprint density at radius 3 is 1.98 bits per heavy atom. The van der Waals surface area contributed by atoms with Crippen LogP contribution in [0.4, 0.5) is 0 Å². The molecule has 0 bridgehead atoms. The molecule has 0 N–H and O–H groups in total. The fourth-order valence-corrected chi connectivity index (χ4v) is 5.35. The van der Waals surface area contributed by atoms with E-state index in [4.69, 9.17) is 4.74 Å². The van der Waals surface area contributed by atoms with Gasteiger partial charge in [-0.3, -0.25) is 9.20 Å². The van der Waals surface area contributed by atoms with E-state index in [1.54, 1.807) is 13.0 Å². The van der Waals surface area contributed by atoms with Gasteiger partial charge in [-0.1, -0.05) is 84.9 Å². The molecular formula is C35H30N2O3. The van der Waals surface area contributed by atoms with Crippen LogP contribution in [0.25, 0.3) is 27.8 Å². The number of aryl methyl sites for hydroxylation is 2. The summed E-state index contributed by atoms with van der Waals surface area (Å²) in [6.45, 7) is 6.73. The zero-order valence-electron chi connectivity index (χ0n) is 22.8. The zero-order chi connectivity index (χ0) is 27.8. The van der Waals surface area contributed by atoms with Crippen LogP contribution in [0.1, 0.15) is 50.0 Å². The van der Waals surface area contributed by atoms with Gasteiger partial charge in [-0.15, -0.1) is 0 Å². The minimum Gasteiger partial charge on any atom is -0.462 e. The summed E-state index contributed by atoms with van der Waals surface area (Å²) in [4.78, 5) is 27.4. The highest BCUT2D eigenvalue weighted by Crippen LogP contribution is 2.32. The second kappa shape index (κ2) is 10.3. The van der Waals surface area contributed by atoms with E-state index < -0.39 is 5.97 Å². The summed E-state index contributed by atoms with van der Waals surface area (Å²) < 4.78 is 9.53. The smallest absolute Gasteiger partial charge is 0.341 e. The molecule has 6 rings (SSSR count). The van der Waals surface area contributed by atoms with Gasteiger partial charge >= 0.3 is 5.97 Å². The van der Waals surface area contributed by atoms with Gasteiger partial charge in [0, 0.05) is 12.1 Å². The molecule has 2 heterocycles. The van der Waals surface area contributed by atoms with E-state index in [1.165, 1.54) is 0 Å². The summed E-state index contributed by atoms with van der Waals surface area (Å²) in [7, 11) is 0. The molecule has 0 aliphatic heterocycles.